The summed E-state index contributed by atoms with van der Waals surface area (Å²) in [4.78, 5) is 27.7. The Morgan fingerprint density at radius 2 is 1.47 bits per heavy atom. The SMILES string of the molecule is CC/C=C\C/C=C\C/C=C\C/C=C\C/C=C\CCCC(=O)OC(C)C(C)(C)c1ccncc1C(=O)O. The van der Waals surface area contributed by atoms with Crippen LogP contribution in [-0.2, 0) is 14.9 Å². The van der Waals surface area contributed by atoms with Gasteiger partial charge in [0.1, 0.15) is 6.10 Å². The number of hydrogen-bond acceptors (Lipinski definition) is 4. The molecule has 0 aliphatic carbocycles. The van der Waals surface area contributed by atoms with Gasteiger partial charge in [0.15, 0.2) is 0 Å². The van der Waals surface area contributed by atoms with Crippen molar-refractivity contribution >= 4 is 11.9 Å². The summed E-state index contributed by atoms with van der Waals surface area (Å²) >= 11 is 0. The highest BCUT2D eigenvalue weighted by Gasteiger charge is 2.34. The third kappa shape index (κ3) is 12.5. The monoisotopic (exact) mass is 493 g/mol. The van der Waals surface area contributed by atoms with Crippen molar-refractivity contribution in [3.8, 4) is 0 Å². The molecule has 1 aromatic heterocycles. The molecule has 1 unspecified atom stereocenters. The van der Waals surface area contributed by atoms with Gasteiger partial charge in [-0.3, -0.25) is 9.78 Å². The number of carbonyl (C=O) groups is 2. The summed E-state index contributed by atoms with van der Waals surface area (Å²) < 4.78 is 5.63. The highest BCUT2D eigenvalue weighted by Crippen LogP contribution is 2.31. The number of carboxylic acid groups (broad SMARTS) is 1. The molecule has 0 spiro atoms. The number of pyridine rings is 1. The maximum absolute atomic E-state index is 12.3. The van der Waals surface area contributed by atoms with Crippen molar-refractivity contribution in [2.45, 2.75) is 90.6 Å². The molecule has 1 rings (SSSR count). The molecule has 1 N–H and O–H groups in total. The summed E-state index contributed by atoms with van der Waals surface area (Å²) in [6, 6.07) is 1.68. The number of aromatic nitrogens is 1. The van der Waals surface area contributed by atoms with Crippen molar-refractivity contribution in [2.75, 3.05) is 0 Å². The Kier molecular flexibility index (Phi) is 15.5. The van der Waals surface area contributed by atoms with E-state index >= 15 is 0 Å². The van der Waals surface area contributed by atoms with Crippen LogP contribution < -0.4 is 0 Å². The molecule has 0 aliphatic heterocycles. The van der Waals surface area contributed by atoms with Crippen molar-refractivity contribution in [3.63, 3.8) is 0 Å². The van der Waals surface area contributed by atoms with Crippen LogP contribution in [-0.4, -0.2) is 28.1 Å². The van der Waals surface area contributed by atoms with Gasteiger partial charge in [0, 0.05) is 24.2 Å². The summed E-state index contributed by atoms with van der Waals surface area (Å²) in [6.07, 6.45) is 30.8. The van der Waals surface area contributed by atoms with E-state index in [0.29, 0.717) is 18.4 Å². The molecule has 5 nitrogen and oxygen atoms in total. The normalized spacial score (nSPS) is 13.6. The number of esters is 1. The maximum Gasteiger partial charge on any atom is 0.337 e. The van der Waals surface area contributed by atoms with Crippen molar-refractivity contribution < 1.29 is 19.4 Å². The molecule has 1 aromatic rings. The second kappa shape index (κ2) is 18.1. The number of allylic oxidation sites excluding steroid dienone is 10. The summed E-state index contributed by atoms with van der Waals surface area (Å²) in [5.74, 6) is -1.31. The average Bonchev–Trinajstić information content (AvgIpc) is 2.85. The van der Waals surface area contributed by atoms with E-state index in [0.717, 1.165) is 38.5 Å². The van der Waals surface area contributed by atoms with E-state index in [9.17, 15) is 14.7 Å². The van der Waals surface area contributed by atoms with Crippen LogP contribution in [0.4, 0.5) is 0 Å². The van der Waals surface area contributed by atoms with Crippen LogP contribution in [0.1, 0.15) is 95.0 Å². The third-order valence-corrected chi connectivity index (χ3v) is 5.98. The molecular formula is C31H43NO4. The summed E-state index contributed by atoms with van der Waals surface area (Å²) in [7, 11) is 0. The lowest BCUT2D eigenvalue weighted by atomic mass is 9.78. The molecule has 0 fully saturated rings. The Bertz CT molecular complexity index is 938. The molecule has 196 valence electrons. The number of ether oxygens (including phenoxy) is 1. The highest BCUT2D eigenvalue weighted by atomic mass is 16.5. The van der Waals surface area contributed by atoms with Gasteiger partial charge in [0.05, 0.1) is 5.56 Å². The van der Waals surface area contributed by atoms with E-state index in [-0.39, 0.29) is 11.5 Å². The van der Waals surface area contributed by atoms with Gasteiger partial charge >= 0.3 is 11.9 Å². The van der Waals surface area contributed by atoms with Crippen LogP contribution in [0.15, 0.2) is 79.2 Å². The van der Waals surface area contributed by atoms with Crippen LogP contribution in [0.2, 0.25) is 0 Å². The fourth-order valence-electron chi connectivity index (χ4n) is 3.48. The van der Waals surface area contributed by atoms with Gasteiger partial charge in [-0.1, -0.05) is 81.5 Å². The van der Waals surface area contributed by atoms with Crippen LogP contribution in [0.25, 0.3) is 0 Å². The molecule has 0 amide bonds. The number of carbonyl (C=O) groups excluding carboxylic acids is 1. The van der Waals surface area contributed by atoms with Gasteiger partial charge in [-0.25, -0.2) is 4.79 Å². The second-order valence-corrected chi connectivity index (χ2v) is 9.18. The quantitative estimate of drug-likeness (QED) is 0.135. The number of rotatable bonds is 17. The van der Waals surface area contributed by atoms with E-state index in [1.54, 1.807) is 19.2 Å². The number of carboxylic acids is 1. The number of aromatic carboxylic acids is 1. The van der Waals surface area contributed by atoms with E-state index in [4.69, 9.17) is 4.74 Å². The largest absolute Gasteiger partial charge is 0.478 e. The van der Waals surface area contributed by atoms with Crippen molar-refractivity contribution in [2.24, 2.45) is 0 Å². The van der Waals surface area contributed by atoms with Crippen LogP contribution in [0.5, 0.6) is 0 Å². The zero-order valence-corrected chi connectivity index (χ0v) is 22.4. The zero-order chi connectivity index (χ0) is 26.7. The molecule has 1 heterocycles. The standard InChI is InChI=1S/C31H43NO4/c1-5-6-7-8-9-10-11-12-13-14-15-16-17-18-19-20-21-22-29(33)36-26(2)31(3,4)28-23-24-32-25-27(28)30(34)35/h6-7,9-10,12-13,15-16,18-19,23-26H,5,8,11,14,17,20-22H2,1-4H3,(H,34,35)/b7-6-,10-9-,13-12-,16-15-,19-18-. The molecule has 5 heteroatoms. The van der Waals surface area contributed by atoms with E-state index < -0.39 is 17.5 Å². The topological polar surface area (TPSA) is 76.5 Å². The highest BCUT2D eigenvalue weighted by molar-refractivity contribution is 5.89. The smallest absolute Gasteiger partial charge is 0.337 e. The molecule has 0 bridgehead atoms. The zero-order valence-electron chi connectivity index (χ0n) is 22.4. The predicted octanol–water partition coefficient (Wildman–Crippen LogP) is 7.91. The summed E-state index contributed by atoms with van der Waals surface area (Å²) in [5, 5.41) is 9.44. The van der Waals surface area contributed by atoms with Gasteiger partial charge in [0.2, 0.25) is 0 Å². The molecule has 0 aliphatic rings. The third-order valence-electron chi connectivity index (χ3n) is 5.98. The maximum atomic E-state index is 12.3. The minimum absolute atomic E-state index is 0.129. The number of unbranched alkanes of at least 4 members (excludes halogenated alkanes) is 1. The molecule has 1 atom stereocenters. The first kappa shape index (κ1) is 30.8. The number of hydrogen-bond donors (Lipinski definition) is 1. The van der Waals surface area contributed by atoms with Crippen LogP contribution in [0, 0.1) is 0 Å². The van der Waals surface area contributed by atoms with Crippen molar-refractivity contribution in [1.29, 1.82) is 0 Å². The first-order valence-corrected chi connectivity index (χ1v) is 12.9. The molecule has 0 aromatic carbocycles. The Labute approximate surface area is 217 Å². The summed E-state index contributed by atoms with van der Waals surface area (Å²) in [5.41, 5.74) is 0.0731. The second-order valence-electron chi connectivity index (χ2n) is 9.18. The first-order valence-electron chi connectivity index (χ1n) is 12.9. The van der Waals surface area contributed by atoms with Gasteiger partial charge in [-0.05, 0) is 63.5 Å². The molecule has 0 saturated heterocycles. The lowest BCUT2D eigenvalue weighted by molar-refractivity contribution is -0.151. The Balaban J connectivity index is 2.25. The fraction of sp³-hybridized carbons (Fsp3) is 0.452. The Hall–Kier alpha value is -3.21. The van der Waals surface area contributed by atoms with E-state index in [1.807, 2.05) is 13.8 Å². The van der Waals surface area contributed by atoms with E-state index in [2.05, 4.69) is 72.7 Å². The van der Waals surface area contributed by atoms with Gasteiger partial charge in [-0.15, -0.1) is 0 Å². The minimum Gasteiger partial charge on any atom is -0.478 e. The van der Waals surface area contributed by atoms with Gasteiger partial charge in [0.25, 0.3) is 0 Å². The van der Waals surface area contributed by atoms with E-state index in [1.165, 1.54) is 6.20 Å². The molecule has 36 heavy (non-hydrogen) atoms. The lowest BCUT2D eigenvalue weighted by Gasteiger charge is -2.32. The minimum atomic E-state index is -1.04. The molecule has 0 saturated carbocycles. The Morgan fingerprint density at radius 1 is 0.944 bits per heavy atom. The van der Waals surface area contributed by atoms with Gasteiger partial charge in [-0.2, -0.15) is 0 Å². The first-order chi connectivity index (χ1) is 17.3. The number of nitrogens with zero attached hydrogens (tertiary/aromatic N) is 1. The van der Waals surface area contributed by atoms with Gasteiger partial charge < -0.3 is 9.84 Å². The molecule has 0 radical (unpaired) electrons. The van der Waals surface area contributed by atoms with Crippen LogP contribution >= 0.6 is 0 Å². The fourth-order valence-corrected chi connectivity index (χ4v) is 3.48. The Morgan fingerprint density at radius 3 is 2.00 bits per heavy atom. The average molecular weight is 494 g/mol. The van der Waals surface area contributed by atoms with Crippen molar-refractivity contribution in [1.82, 2.24) is 4.98 Å². The van der Waals surface area contributed by atoms with Crippen molar-refractivity contribution in [3.05, 3.63) is 90.3 Å². The van der Waals surface area contributed by atoms with Crippen LogP contribution in [0.3, 0.4) is 0 Å². The predicted molar refractivity (Wildman–Crippen MR) is 148 cm³/mol. The lowest BCUT2D eigenvalue weighted by Crippen LogP contribution is -2.36. The molecular weight excluding hydrogens is 450 g/mol. The summed E-state index contributed by atoms with van der Waals surface area (Å²) in [6.45, 7) is 7.70.